The molecule has 2 rings (SSSR count). The van der Waals surface area contributed by atoms with Gasteiger partial charge in [0.25, 0.3) is 0 Å². The van der Waals surface area contributed by atoms with Crippen LogP contribution in [0.4, 0.5) is 5.69 Å². The van der Waals surface area contributed by atoms with Crippen LogP contribution in [0.1, 0.15) is 11.1 Å². The van der Waals surface area contributed by atoms with Gasteiger partial charge in [0.15, 0.2) is 0 Å². The van der Waals surface area contributed by atoms with Crippen molar-refractivity contribution in [2.75, 3.05) is 5.32 Å². The molecule has 0 saturated carbocycles. The first-order valence-electron chi connectivity index (χ1n) is 5.89. The summed E-state index contributed by atoms with van der Waals surface area (Å²) < 4.78 is 0.968. The highest BCUT2D eigenvalue weighted by atomic mass is 79.9. The summed E-state index contributed by atoms with van der Waals surface area (Å²) in [5.74, 6) is 0.124. The van der Waals surface area contributed by atoms with Crippen LogP contribution in [0.2, 0.25) is 0 Å². The molecule has 0 heterocycles. The van der Waals surface area contributed by atoms with E-state index in [1.807, 2.05) is 25.1 Å². The lowest BCUT2D eigenvalue weighted by atomic mass is 10.1. The van der Waals surface area contributed by atoms with E-state index < -0.39 is 0 Å². The Bertz CT molecular complexity index is 594. The number of hydrogen-bond donors (Lipinski definition) is 2. The highest BCUT2D eigenvalue weighted by Crippen LogP contribution is 2.23. The first-order valence-corrected chi connectivity index (χ1v) is 6.68. The van der Waals surface area contributed by atoms with Crippen molar-refractivity contribution in [3.05, 3.63) is 58.1 Å². The number of benzene rings is 2. The topological polar surface area (TPSA) is 49.3 Å². The molecule has 1 amide bonds. The van der Waals surface area contributed by atoms with Crippen LogP contribution in [-0.2, 0) is 11.2 Å². The maximum Gasteiger partial charge on any atom is 0.228 e. The number of carbonyl (C=O) groups is 1. The Morgan fingerprint density at radius 3 is 2.58 bits per heavy atom. The van der Waals surface area contributed by atoms with Crippen molar-refractivity contribution in [2.45, 2.75) is 13.3 Å². The molecule has 0 atom stereocenters. The average Bonchev–Trinajstić information content (AvgIpc) is 2.38. The second kappa shape index (κ2) is 5.89. The Balaban J connectivity index is 2.05. The van der Waals surface area contributed by atoms with Crippen molar-refractivity contribution >= 4 is 27.5 Å². The summed E-state index contributed by atoms with van der Waals surface area (Å²) in [5, 5.41) is 12.1. The van der Waals surface area contributed by atoms with Gasteiger partial charge in [-0.15, -0.1) is 0 Å². The number of nitrogens with one attached hydrogen (secondary N) is 1. The van der Waals surface area contributed by atoms with E-state index in [9.17, 15) is 9.90 Å². The van der Waals surface area contributed by atoms with Crippen LogP contribution < -0.4 is 5.32 Å². The van der Waals surface area contributed by atoms with Crippen LogP contribution >= 0.6 is 15.9 Å². The first-order chi connectivity index (χ1) is 9.06. The van der Waals surface area contributed by atoms with Crippen LogP contribution in [0.3, 0.4) is 0 Å². The second-order valence-electron chi connectivity index (χ2n) is 4.30. The molecule has 3 nitrogen and oxygen atoms in total. The molecule has 0 unspecified atom stereocenters. The molecule has 0 aromatic heterocycles. The number of anilines is 1. The minimum absolute atomic E-state index is 0.0770. The smallest absolute Gasteiger partial charge is 0.228 e. The highest BCUT2D eigenvalue weighted by Gasteiger charge is 2.07. The van der Waals surface area contributed by atoms with Gasteiger partial charge in [-0.2, -0.15) is 0 Å². The van der Waals surface area contributed by atoms with Gasteiger partial charge in [0, 0.05) is 10.2 Å². The molecule has 19 heavy (non-hydrogen) atoms. The summed E-state index contributed by atoms with van der Waals surface area (Å²) in [6, 6.07) is 12.3. The Kier molecular flexibility index (Phi) is 4.22. The number of rotatable bonds is 3. The first kappa shape index (κ1) is 13.6. The summed E-state index contributed by atoms with van der Waals surface area (Å²) in [4.78, 5) is 11.9. The minimum atomic E-state index is -0.0770. The quantitative estimate of drug-likeness (QED) is 0.907. The molecular weight excluding hydrogens is 306 g/mol. The molecule has 0 bridgehead atoms. The molecule has 0 aliphatic rings. The SMILES string of the molecule is Cc1c(Br)cccc1NC(=O)Cc1ccc(O)cc1. The average molecular weight is 320 g/mol. The minimum Gasteiger partial charge on any atom is -0.508 e. The zero-order valence-electron chi connectivity index (χ0n) is 10.5. The molecule has 0 saturated heterocycles. The summed E-state index contributed by atoms with van der Waals surface area (Å²) in [7, 11) is 0. The third-order valence-corrected chi connectivity index (χ3v) is 3.70. The Morgan fingerprint density at radius 2 is 1.89 bits per heavy atom. The molecular formula is C15H14BrNO2. The Hall–Kier alpha value is -1.81. The standard InChI is InChI=1S/C15H14BrNO2/c1-10-13(16)3-2-4-14(10)17-15(19)9-11-5-7-12(18)8-6-11/h2-8,18H,9H2,1H3,(H,17,19). The predicted octanol–water partition coefficient (Wildman–Crippen LogP) is 3.64. The van der Waals surface area contributed by atoms with Gasteiger partial charge in [0.2, 0.25) is 5.91 Å². The van der Waals surface area contributed by atoms with Crippen molar-refractivity contribution in [1.29, 1.82) is 0 Å². The zero-order valence-corrected chi connectivity index (χ0v) is 12.1. The highest BCUT2D eigenvalue weighted by molar-refractivity contribution is 9.10. The van der Waals surface area contributed by atoms with Crippen LogP contribution in [0, 0.1) is 6.92 Å². The van der Waals surface area contributed by atoms with Gasteiger partial charge in [-0.1, -0.05) is 34.1 Å². The second-order valence-corrected chi connectivity index (χ2v) is 5.16. The lowest BCUT2D eigenvalue weighted by Crippen LogP contribution is -2.15. The number of amides is 1. The van der Waals surface area contributed by atoms with Gasteiger partial charge < -0.3 is 10.4 Å². The van der Waals surface area contributed by atoms with E-state index >= 15 is 0 Å². The van der Waals surface area contributed by atoms with Crippen molar-refractivity contribution in [1.82, 2.24) is 0 Å². The Morgan fingerprint density at radius 1 is 1.21 bits per heavy atom. The molecule has 0 radical (unpaired) electrons. The molecule has 2 aromatic carbocycles. The molecule has 0 aliphatic carbocycles. The molecule has 0 aliphatic heterocycles. The zero-order chi connectivity index (χ0) is 13.8. The number of phenolic OH excluding ortho intramolecular Hbond substituents is 1. The normalized spacial score (nSPS) is 10.2. The van der Waals surface area contributed by atoms with Gasteiger partial charge in [0.1, 0.15) is 5.75 Å². The van der Waals surface area contributed by atoms with Crippen molar-refractivity contribution in [2.24, 2.45) is 0 Å². The Labute approximate surface area is 120 Å². The van der Waals surface area contributed by atoms with E-state index in [2.05, 4.69) is 21.2 Å². The lowest BCUT2D eigenvalue weighted by molar-refractivity contribution is -0.115. The van der Waals surface area contributed by atoms with E-state index in [0.717, 1.165) is 21.3 Å². The molecule has 2 N–H and O–H groups in total. The number of hydrogen-bond acceptors (Lipinski definition) is 2. The van der Waals surface area contributed by atoms with Crippen LogP contribution in [-0.4, -0.2) is 11.0 Å². The fraction of sp³-hybridized carbons (Fsp3) is 0.133. The summed E-state index contributed by atoms with van der Waals surface area (Å²) in [5.41, 5.74) is 2.67. The third kappa shape index (κ3) is 3.58. The number of phenols is 1. The summed E-state index contributed by atoms with van der Waals surface area (Å²) in [6.07, 6.45) is 0.284. The molecule has 2 aromatic rings. The van der Waals surface area contributed by atoms with Gasteiger partial charge in [0.05, 0.1) is 6.42 Å². The molecule has 4 heteroatoms. The summed E-state index contributed by atoms with van der Waals surface area (Å²) in [6.45, 7) is 1.94. The third-order valence-electron chi connectivity index (χ3n) is 2.84. The van der Waals surface area contributed by atoms with E-state index in [-0.39, 0.29) is 18.1 Å². The van der Waals surface area contributed by atoms with Crippen LogP contribution in [0.25, 0.3) is 0 Å². The summed E-state index contributed by atoms with van der Waals surface area (Å²) >= 11 is 3.43. The van der Waals surface area contributed by atoms with Gasteiger partial charge in [-0.3, -0.25) is 4.79 Å². The van der Waals surface area contributed by atoms with Crippen LogP contribution in [0.5, 0.6) is 5.75 Å². The monoisotopic (exact) mass is 319 g/mol. The number of carbonyl (C=O) groups excluding carboxylic acids is 1. The van der Waals surface area contributed by atoms with E-state index in [1.54, 1.807) is 24.3 Å². The van der Waals surface area contributed by atoms with Crippen LogP contribution in [0.15, 0.2) is 46.9 Å². The van der Waals surface area contributed by atoms with Crippen molar-refractivity contribution in [3.8, 4) is 5.75 Å². The number of aromatic hydroxyl groups is 1. The van der Waals surface area contributed by atoms with Gasteiger partial charge in [-0.05, 0) is 42.3 Å². The fourth-order valence-corrected chi connectivity index (χ4v) is 2.10. The van der Waals surface area contributed by atoms with Gasteiger partial charge in [-0.25, -0.2) is 0 Å². The largest absolute Gasteiger partial charge is 0.508 e. The van der Waals surface area contributed by atoms with E-state index in [4.69, 9.17) is 0 Å². The fourth-order valence-electron chi connectivity index (χ4n) is 1.74. The van der Waals surface area contributed by atoms with E-state index in [0.29, 0.717) is 0 Å². The molecule has 0 fully saturated rings. The maximum atomic E-state index is 11.9. The lowest BCUT2D eigenvalue weighted by Gasteiger charge is -2.09. The number of halogens is 1. The predicted molar refractivity (Wildman–Crippen MR) is 79.3 cm³/mol. The van der Waals surface area contributed by atoms with Gasteiger partial charge >= 0.3 is 0 Å². The van der Waals surface area contributed by atoms with E-state index in [1.165, 1.54) is 0 Å². The van der Waals surface area contributed by atoms with Crippen molar-refractivity contribution < 1.29 is 9.90 Å². The van der Waals surface area contributed by atoms with Crippen molar-refractivity contribution in [3.63, 3.8) is 0 Å². The molecule has 0 spiro atoms. The maximum absolute atomic E-state index is 11.9. The molecule has 98 valence electrons.